The number of aromatic nitrogens is 2. The molecule has 2 aromatic heterocycles. The lowest BCUT2D eigenvalue weighted by atomic mass is 9.99. The molecule has 2 fully saturated rings. The molecule has 0 saturated carbocycles. The van der Waals surface area contributed by atoms with Crippen LogP contribution in [0.15, 0.2) is 65.7 Å². The smallest absolute Gasteiger partial charge is 0.220 e. The monoisotopic (exact) mass is 748 g/mol. The van der Waals surface area contributed by atoms with Gasteiger partial charge in [-0.25, -0.2) is 13.4 Å². The molecule has 2 amide bonds. The molecule has 3 aliphatic heterocycles. The minimum absolute atomic E-state index is 0.0235. The lowest BCUT2D eigenvalue weighted by molar-refractivity contribution is -0.120. The Morgan fingerprint density at radius 3 is 2.43 bits per heavy atom. The second-order valence-electron chi connectivity index (χ2n) is 13.2. The van der Waals surface area contributed by atoms with Crippen molar-refractivity contribution in [3.63, 3.8) is 0 Å². The third-order valence-corrected chi connectivity index (χ3v) is 12.2. The van der Waals surface area contributed by atoms with E-state index in [1.807, 2.05) is 42.5 Å². The first-order valence-corrected chi connectivity index (χ1v) is 19.4. The number of pyridine rings is 2. The molecule has 2 atom stereocenters. The average Bonchev–Trinajstić information content (AvgIpc) is 3.71. The number of carbonyl (C=O) groups is 2. The SMILES string of the molecule is COc1nc(-c2cccc(-c3ccnc(-c4ccc5c(c4)S(=O)(=O)CCN(C[C@@H]4CCC(=O)N4)C5)c3Cl)c2Cl)ccc1CNC[C@@H]1CCC(=O)N1. The molecular formula is C37H38Cl2N6O5S. The summed E-state index contributed by atoms with van der Waals surface area (Å²) in [4.78, 5) is 34.9. The number of benzene rings is 2. The number of nitrogens with zero attached hydrogens (tertiary/aromatic N) is 3. The van der Waals surface area contributed by atoms with Crippen molar-refractivity contribution in [3.8, 4) is 39.5 Å². The van der Waals surface area contributed by atoms with Crippen molar-refractivity contribution in [3.05, 3.63) is 82.0 Å². The van der Waals surface area contributed by atoms with Gasteiger partial charge in [0.05, 0.1) is 39.2 Å². The molecule has 0 radical (unpaired) electrons. The Bertz CT molecular complexity index is 2110. The van der Waals surface area contributed by atoms with Gasteiger partial charge >= 0.3 is 0 Å². The van der Waals surface area contributed by atoms with E-state index < -0.39 is 9.84 Å². The van der Waals surface area contributed by atoms with Crippen LogP contribution in [0.1, 0.15) is 36.8 Å². The second-order valence-corrected chi connectivity index (χ2v) is 16.0. The molecular weight excluding hydrogens is 711 g/mol. The third-order valence-electron chi connectivity index (χ3n) is 9.69. The number of sulfone groups is 1. The van der Waals surface area contributed by atoms with Crippen LogP contribution in [0.25, 0.3) is 33.6 Å². The predicted octanol–water partition coefficient (Wildman–Crippen LogP) is 5.03. The van der Waals surface area contributed by atoms with Crippen molar-refractivity contribution in [2.75, 3.05) is 32.5 Å². The van der Waals surface area contributed by atoms with Gasteiger partial charge in [0.15, 0.2) is 9.84 Å². The molecule has 5 heterocycles. The maximum absolute atomic E-state index is 13.5. The van der Waals surface area contributed by atoms with E-state index in [0.717, 1.165) is 18.4 Å². The fraction of sp³-hybridized carbons (Fsp3) is 0.351. The molecule has 3 aliphatic rings. The number of hydrogen-bond donors (Lipinski definition) is 3. The van der Waals surface area contributed by atoms with Crippen LogP contribution in [0.3, 0.4) is 0 Å². The van der Waals surface area contributed by atoms with Crippen LogP contribution >= 0.6 is 23.2 Å². The van der Waals surface area contributed by atoms with Gasteiger partial charge in [-0.3, -0.25) is 19.5 Å². The highest BCUT2D eigenvalue weighted by molar-refractivity contribution is 7.91. The quantitative estimate of drug-likeness (QED) is 0.204. The Labute approximate surface area is 307 Å². The van der Waals surface area contributed by atoms with Crippen molar-refractivity contribution in [1.82, 2.24) is 30.8 Å². The number of carbonyl (C=O) groups excluding carboxylic acids is 2. The van der Waals surface area contributed by atoms with E-state index in [-0.39, 0.29) is 34.5 Å². The topological polar surface area (TPSA) is 143 Å². The Morgan fingerprint density at radius 2 is 1.69 bits per heavy atom. The van der Waals surface area contributed by atoms with Gasteiger partial charge in [-0.15, -0.1) is 0 Å². The van der Waals surface area contributed by atoms with Gasteiger partial charge in [0.25, 0.3) is 0 Å². The standard InChI is InChI=1S/C37H38Cl2N6O5S/c1-50-37-23(18-40-19-25-8-11-32(46)42-25)7-10-30(44-37)29-4-2-3-27(34(29)38)28-13-14-41-36(35(28)39)22-5-6-24-20-45(21-26-9-12-33(47)43-26)15-16-51(48,49)31(24)17-22/h2-7,10,13-14,17,25-26,40H,8-9,11-12,15-16,18-21H2,1H3,(H,42,46)(H,43,47)/t25-,26-/m0/s1. The van der Waals surface area contributed by atoms with Crippen molar-refractivity contribution < 1.29 is 22.7 Å². The third kappa shape index (κ3) is 7.61. The molecule has 0 aliphatic carbocycles. The predicted molar refractivity (Wildman–Crippen MR) is 196 cm³/mol. The summed E-state index contributed by atoms with van der Waals surface area (Å²) in [6, 6.07) is 16.7. The van der Waals surface area contributed by atoms with Crippen LogP contribution < -0.4 is 20.7 Å². The van der Waals surface area contributed by atoms with E-state index in [2.05, 4.69) is 25.8 Å². The molecule has 11 nitrogen and oxygen atoms in total. The normalized spacial score (nSPS) is 20.1. The summed E-state index contributed by atoms with van der Waals surface area (Å²) >= 11 is 14.1. The lowest BCUT2D eigenvalue weighted by Gasteiger charge is -2.23. The van der Waals surface area contributed by atoms with Crippen LogP contribution in [0, 0.1) is 0 Å². The molecule has 4 aromatic rings. The van der Waals surface area contributed by atoms with Crippen molar-refractivity contribution in [2.45, 2.75) is 55.8 Å². The first-order valence-electron chi connectivity index (χ1n) is 16.9. The number of methoxy groups -OCH3 is 1. The van der Waals surface area contributed by atoms with E-state index in [9.17, 15) is 18.0 Å². The number of halogens is 2. The zero-order valence-electron chi connectivity index (χ0n) is 28.0. The summed E-state index contributed by atoms with van der Waals surface area (Å²) in [6.07, 6.45) is 4.26. The fourth-order valence-electron chi connectivity index (χ4n) is 7.02. The number of rotatable bonds is 10. The maximum Gasteiger partial charge on any atom is 0.220 e. The van der Waals surface area contributed by atoms with Gasteiger partial charge in [-0.2, -0.15) is 0 Å². The molecule has 0 unspecified atom stereocenters. The van der Waals surface area contributed by atoms with E-state index in [4.69, 9.17) is 32.9 Å². The largest absolute Gasteiger partial charge is 0.481 e. The molecule has 3 N–H and O–H groups in total. The van der Waals surface area contributed by atoms with Gasteiger partial charge in [0.1, 0.15) is 0 Å². The zero-order valence-corrected chi connectivity index (χ0v) is 30.4. The van der Waals surface area contributed by atoms with Crippen LogP contribution in [0.2, 0.25) is 10.0 Å². The average molecular weight is 750 g/mol. The summed E-state index contributed by atoms with van der Waals surface area (Å²) in [5.74, 6) is 0.562. The number of nitrogens with one attached hydrogen (secondary N) is 3. The highest BCUT2D eigenvalue weighted by Gasteiger charge is 2.30. The number of fused-ring (bicyclic) bond motifs is 1. The molecule has 0 bridgehead atoms. The number of hydrogen-bond acceptors (Lipinski definition) is 9. The van der Waals surface area contributed by atoms with Crippen LogP contribution in [0.5, 0.6) is 5.88 Å². The highest BCUT2D eigenvalue weighted by Crippen LogP contribution is 2.42. The molecule has 7 rings (SSSR count). The summed E-state index contributed by atoms with van der Waals surface area (Å²) in [6.45, 7) is 2.62. The maximum atomic E-state index is 13.5. The molecule has 0 spiro atoms. The number of ether oxygens (including phenoxy) is 1. The van der Waals surface area contributed by atoms with Gasteiger partial charge < -0.3 is 20.7 Å². The molecule has 266 valence electrons. The van der Waals surface area contributed by atoms with Crippen LogP contribution in [0.4, 0.5) is 0 Å². The zero-order chi connectivity index (χ0) is 35.7. The first-order chi connectivity index (χ1) is 24.6. The van der Waals surface area contributed by atoms with Crippen LogP contribution in [-0.2, 0) is 32.5 Å². The highest BCUT2D eigenvalue weighted by atomic mass is 35.5. The van der Waals surface area contributed by atoms with Gasteiger partial charge in [0, 0.05) is 91.7 Å². The Balaban J connectivity index is 1.14. The molecule has 2 aromatic carbocycles. The van der Waals surface area contributed by atoms with Gasteiger partial charge in [0.2, 0.25) is 17.7 Å². The fourth-order valence-corrected chi connectivity index (χ4v) is 9.22. The van der Waals surface area contributed by atoms with E-state index in [0.29, 0.717) is 101 Å². The van der Waals surface area contributed by atoms with E-state index >= 15 is 0 Å². The number of amides is 2. The minimum atomic E-state index is -3.58. The Morgan fingerprint density at radius 1 is 0.941 bits per heavy atom. The second kappa shape index (κ2) is 14.9. The van der Waals surface area contributed by atoms with Crippen molar-refractivity contribution >= 4 is 44.9 Å². The molecule has 51 heavy (non-hydrogen) atoms. The Kier molecular flexibility index (Phi) is 10.3. The van der Waals surface area contributed by atoms with Crippen LogP contribution in [-0.4, -0.2) is 79.7 Å². The van der Waals surface area contributed by atoms with Crippen molar-refractivity contribution in [1.29, 1.82) is 0 Å². The lowest BCUT2D eigenvalue weighted by Crippen LogP contribution is -2.39. The first kappa shape index (κ1) is 35.3. The summed E-state index contributed by atoms with van der Waals surface area (Å²) in [5, 5.41) is 10.1. The Hall–Kier alpha value is -4.07. The molecule has 2 saturated heterocycles. The van der Waals surface area contributed by atoms with Gasteiger partial charge in [-0.1, -0.05) is 59.6 Å². The summed E-state index contributed by atoms with van der Waals surface area (Å²) in [7, 11) is -2.01. The minimum Gasteiger partial charge on any atom is -0.481 e. The summed E-state index contributed by atoms with van der Waals surface area (Å²) in [5.41, 5.74) is 5.22. The van der Waals surface area contributed by atoms with E-state index in [1.165, 1.54) is 0 Å². The van der Waals surface area contributed by atoms with E-state index in [1.54, 1.807) is 25.4 Å². The summed E-state index contributed by atoms with van der Waals surface area (Å²) < 4.78 is 32.6. The van der Waals surface area contributed by atoms with Crippen molar-refractivity contribution in [2.24, 2.45) is 0 Å². The molecule has 14 heteroatoms. The van der Waals surface area contributed by atoms with Gasteiger partial charge in [-0.05, 0) is 36.6 Å².